The first-order chi connectivity index (χ1) is 10.2. The summed E-state index contributed by atoms with van der Waals surface area (Å²) in [4.78, 5) is 12.7. The van der Waals surface area contributed by atoms with Crippen LogP contribution < -0.4 is 10.6 Å². The Hall–Kier alpha value is -1.10. The minimum atomic E-state index is 0.242. The van der Waals surface area contributed by atoms with Gasteiger partial charge in [-0.25, -0.2) is 0 Å². The van der Waals surface area contributed by atoms with Crippen molar-refractivity contribution in [3.05, 3.63) is 5.28 Å². The van der Waals surface area contributed by atoms with Crippen molar-refractivity contribution in [1.82, 2.24) is 15.0 Å². The highest BCUT2D eigenvalue weighted by atomic mass is 35.5. The van der Waals surface area contributed by atoms with Crippen molar-refractivity contribution in [2.24, 2.45) is 17.8 Å². The third kappa shape index (κ3) is 3.39. The van der Waals surface area contributed by atoms with Gasteiger partial charge < -0.3 is 10.6 Å². The van der Waals surface area contributed by atoms with Crippen LogP contribution in [0.3, 0.4) is 0 Å². The van der Waals surface area contributed by atoms with Crippen molar-refractivity contribution in [2.45, 2.75) is 52.0 Å². The quantitative estimate of drug-likeness (QED) is 0.841. The molecule has 21 heavy (non-hydrogen) atoms. The van der Waals surface area contributed by atoms with E-state index < -0.39 is 0 Å². The first-order valence-electron chi connectivity index (χ1n) is 8.07. The van der Waals surface area contributed by atoms with Gasteiger partial charge in [-0.15, -0.1) is 0 Å². The van der Waals surface area contributed by atoms with Gasteiger partial charge in [0, 0.05) is 12.6 Å². The molecule has 2 fully saturated rings. The molecule has 116 valence electrons. The van der Waals surface area contributed by atoms with Crippen LogP contribution in [0.25, 0.3) is 0 Å². The second-order valence-electron chi connectivity index (χ2n) is 6.45. The zero-order chi connectivity index (χ0) is 14.8. The first kappa shape index (κ1) is 14.8. The molecular formula is C15H24ClN5. The van der Waals surface area contributed by atoms with Crippen molar-refractivity contribution in [1.29, 1.82) is 0 Å². The Bertz CT molecular complexity index is 495. The molecule has 2 aliphatic rings. The van der Waals surface area contributed by atoms with Crippen LogP contribution in [0.15, 0.2) is 0 Å². The summed E-state index contributed by atoms with van der Waals surface area (Å²) in [5, 5.41) is 6.84. The van der Waals surface area contributed by atoms with Crippen LogP contribution in [-0.2, 0) is 0 Å². The summed E-state index contributed by atoms with van der Waals surface area (Å²) in [6.45, 7) is 5.18. The lowest BCUT2D eigenvalue weighted by Gasteiger charge is -2.28. The second kappa shape index (κ2) is 6.34. The highest BCUT2D eigenvalue weighted by molar-refractivity contribution is 6.28. The van der Waals surface area contributed by atoms with Crippen LogP contribution in [0, 0.1) is 17.8 Å². The molecule has 2 aliphatic carbocycles. The smallest absolute Gasteiger partial charge is 0.229 e. The number of aromatic nitrogens is 3. The normalized spacial score (nSPS) is 28.6. The monoisotopic (exact) mass is 309 g/mol. The number of anilines is 2. The number of hydrogen-bond acceptors (Lipinski definition) is 5. The van der Waals surface area contributed by atoms with Gasteiger partial charge in [-0.1, -0.05) is 13.3 Å². The summed E-state index contributed by atoms with van der Waals surface area (Å²) in [5.74, 6) is 3.72. The summed E-state index contributed by atoms with van der Waals surface area (Å²) in [6.07, 6.45) is 6.60. The summed E-state index contributed by atoms with van der Waals surface area (Å²) in [5.41, 5.74) is 0. The average Bonchev–Trinajstić information content (AvgIpc) is 3.07. The molecule has 1 aromatic heterocycles. The molecule has 0 radical (unpaired) electrons. The van der Waals surface area contributed by atoms with Gasteiger partial charge in [0.15, 0.2) is 0 Å². The predicted octanol–water partition coefficient (Wildman–Crippen LogP) is 3.58. The van der Waals surface area contributed by atoms with E-state index in [1.807, 2.05) is 0 Å². The summed E-state index contributed by atoms with van der Waals surface area (Å²) < 4.78 is 0. The van der Waals surface area contributed by atoms with Gasteiger partial charge in [-0.3, -0.25) is 0 Å². The molecule has 0 aromatic carbocycles. The highest BCUT2D eigenvalue weighted by Crippen LogP contribution is 2.49. The van der Waals surface area contributed by atoms with Gasteiger partial charge in [0.05, 0.1) is 0 Å². The Kier molecular flexibility index (Phi) is 4.48. The molecule has 2 saturated carbocycles. The van der Waals surface area contributed by atoms with E-state index >= 15 is 0 Å². The van der Waals surface area contributed by atoms with E-state index in [4.69, 9.17) is 11.6 Å². The molecule has 2 N–H and O–H groups in total. The molecule has 0 spiro atoms. The molecule has 5 nitrogen and oxygen atoms in total. The van der Waals surface area contributed by atoms with Crippen molar-refractivity contribution in [2.75, 3.05) is 17.2 Å². The number of fused-ring (bicyclic) bond motifs is 2. The molecule has 4 atom stereocenters. The molecular weight excluding hydrogens is 286 g/mol. The Balaban J connectivity index is 1.65. The Morgan fingerprint density at radius 1 is 1.19 bits per heavy atom. The number of nitrogens with zero attached hydrogens (tertiary/aromatic N) is 3. The van der Waals surface area contributed by atoms with E-state index in [0.29, 0.717) is 17.9 Å². The Labute approximate surface area is 131 Å². The third-order valence-electron chi connectivity index (χ3n) is 4.93. The third-order valence-corrected chi connectivity index (χ3v) is 5.10. The van der Waals surface area contributed by atoms with Crippen molar-refractivity contribution < 1.29 is 0 Å². The largest absolute Gasteiger partial charge is 0.354 e. The fraction of sp³-hybridized carbons (Fsp3) is 0.800. The lowest BCUT2D eigenvalue weighted by atomic mass is 9.84. The van der Waals surface area contributed by atoms with Crippen LogP contribution in [0.5, 0.6) is 0 Å². The topological polar surface area (TPSA) is 62.7 Å². The fourth-order valence-corrected chi connectivity index (χ4v) is 4.11. The molecule has 0 aliphatic heterocycles. The molecule has 1 aromatic rings. The predicted molar refractivity (Wildman–Crippen MR) is 85.6 cm³/mol. The van der Waals surface area contributed by atoms with E-state index in [1.54, 1.807) is 0 Å². The van der Waals surface area contributed by atoms with Gasteiger partial charge in [0.1, 0.15) is 0 Å². The molecule has 4 unspecified atom stereocenters. The maximum atomic E-state index is 5.99. The van der Waals surface area contributed by atoms with Crippen LogP contribution in [0.4, 0.5) is 11.9 Å². The molecule has 3 rings (SSSR count). The number of hydrogen-bond donors (Lipinski definition) is 2. The minimum absolute atomic E-state index is 0.242. The van der Waals surface area contributed by atoms with Gasteiger partial charge in [0.2, 0.25) is 17.2 Å². The summed E-state index contributed by atoms with van der Waals surface area (Å²) in [7, 11) is 0. The zero-order valence-corrected chi connectivity index (χ0v) is 13.5. The minimum Gasteiger partial charge on any atom is -0.354 e. The zero-order valence-electron chi connectivity index (χ0n) is 12.8. The summed E-state index contributed by atoms with van der Waals surface area (Å²) >= 11 is 5.99. The van der Waals surface area contributed by atoms with Crippen LogP contribution >= 0.6 is 11.6 Å². The number of rotatable bonds is 6. The number of halogens is 1. The van der Waals surface area contributed by atoms with Gasteiger partial charge in [-0.05, 0) is 62.0 Å². The Morgan fingerprint density at radius 2 is 2.00 bits per heavy atom. The highest BCUT2D eigenvalue weighted by Gasteiger charge is 2.41. The van der Waals surface area contributed by atoms with Gasteiger partial charge in [-0.2, -0.15) is 15.0 Å². The second-order valence-corrected chi connectivity index (χ2v) is 6.79. The van der Waals surface area contributed by atoms with Crippen molar-refractivity contribution in [3.63, 3.8) is 0 Å². The standard InChI is InChI=1S/C15H24ClN5/c1-3-6-17-14-19-13(16)20-15(21-14)18-9(2)12-8-10-4-5-11(12)7-10/h9-12H,3-8H2,1-2H3,(H2,17,18,19,20,21). The molecule has 1 heterocycles. The molecule has 0 saturated heterocycles. The van der Waals surface area contributed by atoms with Gasteiger partial charge >= 0.3 is 0 Å². The fourth-order valence-electron chi connectivity index (χ4n) is 3.95. The Morgan fingerprint density at radius 3 is 2.67 bits per heavy atom. The molecule has 6 heteroatoms. The van der Waals surface area contributed by atoms with Crippen LogP contribution in [0.2, 0.25) is 5.28 Å². The first-order valence-corrected chi connectivity index (χ1v) is 8.45. The van der Waals surface area contributed by atoms with E-state index in [-0.39, 0.29) is 5.28 Å². The van der Waals surface area contributed by atoms with Crippen LogP contribution in [-0.4, -0.2) is 27.5 Å². The lowest BCUT2D eigenvalue weighted by molar-refractivity contribution is 0.303. The van der Waals surface area contributed by atoms with E-state index in [2.05, 4.69) is 39.4 Å². The molecule has 2 bridgehead atoms. The SMILES string of the molecule is CCCNc1nc(Cl)nc(NC(C)C2CC3CCC2C3)n1. The summed E-state index contributed by atoms with van der Waals surface area (Å²) in [6, 6.07) is 0.387. The van der Waals surface area contributed by atoms with Crippen molar-refractivity contribution in [3.8, 4) is 0 Å². The maximum absolute atomic E-state index is 5.99. The van der Waals surface area contributed by atoms with Gasteiger partial charge in [0.25, 0.3) is 0 Å². The molecule has 0 amide bonds. The van der Waals surface area contributed by atoms with Crippen LogP contribution in [0.1, 0.15) is 46.0 Å². The lowest BCUT2D eigenvalue weighted by Crippen LogP contribution is -2.30. The van der Waals surface area contributed by atoms with Crippen molar-refractivity contribution >= 4 is 23.5 Å². The maximum Gasteiger partial charge on any atom is 0.229 e. The number of nitrogens with one attached hydrogen (secondary N) is 2. The van der Waals surface area contributed by atoms with E-state index in [0.717, 1.165) is 30.7 Å². The average molecular weight is 310 g/mol. The van der Waals surface area contributed by atoms with E-state index in [9.17, 15) is 0 Å². The van der Waals surface area contributed by atoms with E-state index in [1.165, 1.54) is 25.7 Å².